The number of benzene rings is 1. The van der Waals surface area contributed by atoms with Gasteiger partial charge in [0, 0.05) is 23.0 Å². The van der Waals surface area contributed by atoms with Gasteiger partial charge in [-0.2, -0.15) is 0 Å². The number of allylic oxidation sites excluding steroid dienone is 3. The Bertz CT molecular complexity index is 669. The van der Waals surface area contributed by atoms with Crippen molar-refractivity contribution in [2.75, 3.05) is 5.32 Å². The van der Waals surface area contributed by atoms with Crippen LogP contribution in [0.2, 0.25) is 0 Å². The highest BCUT2D eigenvalue weighted by Gasteiger charge is 2.36. The Hall–Kier alpha value is -1.90. The third-order valence-electron chi connectivity index (χ3n) is 4.52. The van der Waals surface area contributed by atoms with Gasteiger partial charge in [0.1, 0.15) is 5.82 Å². The minimum absolute atomic E-state index is 0.0894. The first-order chi connectivity index (χ1) is 11.0. The lowest BCUT2D eigenvalue weighted by Crippen LogP contribution is -2.31. The summed E-state index contributed by atoms with van der Waals surface area (Å²) in [5.74, 6) is 0.149. The van der Waals surface area contributed by atoms with Crippen molar-refractivity contribution in [2.45, 2.75) is 48.0 Å². The Morgan fingerprint density at radius 2 is 1.67 bits per heavy atom. The number of nitrogens with one attached hydrogen (secondary N) is 1. The van der Waals surface area contributed by atoms with E-state index in [1.54, 1.807) is 18.3 Å². The van der Waals surface area contributed by atoms with E-state index in [1.165, 1.54) is 12.1 Å². The summed E-state index contributed by atoms with van der Waals surface area (Å²) in [5, 5.41) is 3.14. The quantitative estimate of drug-likeness (QED) is 0.702. The van der Waals surface area contributed by atoms with Crippen LogP contribution in [0.15, 0.2) is 47.7 Å². The molecule has 2 nitrogen and oxygen atoms in total. The van der Waals surface area contributed by atoms with Crippen molar-refractivity contribution in [2.24, 2.45) is 16.7 Å². The number of anilines is 1. The maximum atomic E-state index is 13.0. The lowest BCUT2D eigenvalue weighted by atomic mass is 9.68. The van der Waals surface area contributed by atoms with Gasteiger partial charge < -0.3 is 5.32 Å². The summed E-state index contributed by atoms with van der Waals surface area (Å²) >= 11 is 0. The molecule has 0 fully saturated rings. The molecule has 24 heavy (non-hydrogen) atoms. The van der Waals surface area contributed by atoms with Gasteiger partial charge in [0.15, 0.2) is 5.78 Å². The molecule has 0 aromatic heterocycles. The van der Waals surface area contributed by atoms with Crippen LogP contribution in [0.4, 0.5) is 10.1 Å². The Morgan fingerprint density at radius 1 is 1.08 bits per heavy atom. The third-order valence-corrected chi connectivity index (χ3v) is 4.52. The molecular weight excluding hydrogens is 301 g/mol. The average Bonchev–Trinajstić information content (AvgIpc) is 2.45. The summed E-state index contributed by atoms with van der Waals surface area (Å²) in [4.78, 5) is 12.9. The Labute approximate surface area is 144 Å². The van der Waals surface area contributed by atoms with Crippen LogP contribution in [0, 0.1) is 22.6 Å². The monoisotopic (exact) mass is 329 g/mol. The van der Waals surface area contributed by atoms with Crippen LogP contribution in [0.25, 0.3) is 0 Å². The molecule has 1 unspecified atom stereocenters. The molecule has 0 heterocycles. The first-order valence-electron chi connectivity index (χ1n) is 8.46. The molecule has 0 amide bonds. The van der Waals surface area contributed by atoms with E-state index >= 15 is 0 Å². The molecule has 3 heteroatoms. The van der Waals surface area contributed by atoms with Gasteiger partial charge in [0.2, 0.25) is 0 Å². The molecule has 1 aliphatic rings. The van der Waals surface area contributed by atoms with E-state index in [0.29, 0.717) is 5.92 Å². The average molecular weight is 329 g/mol. The second kappa shape index (κ2) is 6.54. The molecule has 1 aromatic carbocycles. The van der Waals surface area contributed by atoms with Crippen molar-refractivity contribution >= 4 is 11.5 Å². The van der Waals surface area contributed by atoms with Gasteiger partial charge in [0.05, 0.1) is 0 Å². The predicted octanol–water partition coefficient (Wildman–Crippen LogP) is 5.73. The van der Waals surface area contributed by atoms with E-state index in [0.717, 1.165) is 23.3 Å². The van der Waals surface area contributed by atoms with Crippen molar-refractivity contribution in [3.8, 4) is 0 Å². The Balaban J connectivity index is 2.32. The number of hydrogen-bond donors (Lipinski definition) is 1. The third kappa shape index (κ3) is 4.34. The SMILES string of the molecule is CC(C)(C)C1=CC(C(C)(C)C)C/C(=C/Nc2ccc(F)cc2)C1=O. The molecule has 0 radical (unpaired) electrons. The molecule has 0 bridgehead atoms. The zero-order valence-corrected chi connectivity index (χ0v) is 15.5. The van der Waals surface area contributed by atoms with Gasteiger partial charge >= 0.3 is 0 Å². The van der Waals surface area contributed by atoms with E-state index in [4.69, 9.17) is 0 Å². The maximum absolute atomic E-state index is 13.0. The van der Waals surface area contributed by atoms with Gasteiger partial charge in [-0.1, -0.05) is 47.6 Å². The number of halogens is 1. The Kier molecular flexibility index (Phi) is 5.03. The molecule has 1 atom stereocenters. The van der Waals surface area contributed by atoms with E-state index in [1.807, 2.05) is 0 Å². The number of Topliss-reactive ketones (excluding diaryl/α,β-unsaturated/α-hetero) is 1. The van der Waals surface area contributed by atoms with Crippen LogP contribution in [0.3, 0.4) is 0 Å². The summed E-state index contributed by atoms with van der Waals surface area (Å²) in [5.41, 5.74) is 2.34. The van der Waals surface area contributed by atoms with Gasteiger partial charge in [-0.05, 0) is 47.4 Å². The highest BCUT2D eigenvalue weighted by molar-refractivity contribution is 6.10. The van der Waals surface area contributed by atoms with E-state index in [2.05, 4.69) is 52.9 Å². The smallest absolute Gasteiger partial charge is 0.186 e. The molecule has 1 aromatic rings. The molecular formula is C21H28FNO. The van der Waals surface area contributed by atoms with Crippen LogP contribution in [0.1, 0.15) is 48.0 Å². The van der Waals surface area contributed by atoms with Gasteiger partial charge in [0.25, 0.3) is 0 Å². The summed E-state index contributed by atoms with van der Waals surface area (Å²) in [6.45, 7) is 12.8. The molecule has 0 aliphatic heterocycles. The normalized spacial score (nSPS) is 21.0. The number of carbonyl (C=O) groups is 1. The first-order valence-corrected chi connectivity index (χ1v) is 8.46. The fraction of sp³-hybridized carbons (Fsp3) is 0.476. The van der Waals surface area contributed by atoms with Gasteiger partial charge in [-0.25, -0.2) is 4.39 Å². The van der Waals surface area contributed by atoms with Crippen LogP contribution in [-0.4, -0.2) is 5.78 Å². The van der Waals surface area contributed by atoms with Crippen LogP contribution < -0.4 is 5.32 Å². The highest BCUT2D eigenvalue weighted by Crippen LogP contribution is 2.41. The standard InChI is InChI=1S/C21H28FNO/c1-20(2,3)15-11-14(19(24)18(12-15)21(4,5)6)13-23-17-9-7-16(22)8-10-17/h7-10,12-13,15,23H,11H2,1-6H3/b14-13-. The first kappa shape index (κ1) is 18.4. The predicted molar refractivity (Wildman–Crippen MR) is 98.2 cm³/mol. The molecule has 1 N–H and O–H groups in total. The summed E-state index contributed by atoms with van der Waals surface area (Å²) in [6.07, 6.45) is 4.67. The van der Waals surface area contributed by atoms with Gasteiger partial charge in [-0.15, -0.1) is 0 Å². The minimum Gasteiger partial charge on any atom is -0.361 e. The van der Waals surface area contributed by atoms with Crippen molar-refractivity contribution in [1.82, 2.24) is 0 Å². The Morgan fingerprint density at radius 3 is 2.17 bits per heavy atom. The van der Waals surface area contributed by atoms with E-state index < -0.39 is 0 Å². The molecule has 0 saturated carbocycles. The van der Waals surface area contributed by atoms with Gasteiger partial charge in [-0.3, -0.25) is 4.79 Å². The van der Waals surface area contributed by atoms with E-state index in [9.17, 15) is 9.18 Å². The van der Waals surface area contributed by atoms with E-state index in [-0.39, 0.29) is 22.4 Å². The molecule has 0 spiro atoms. The number of hydrogen-bond acceptors (Lipinski definition) is 2. The largest absolute Gasteiger partial charge is 0.361 e. The van der Waals surface area contributed by atoms with Crippen LogP contribution in [-0.2, 0) is 4.79 Å². The van der Waals surface area contributed by atoms with Crippen molar-refractivity contribution < 1.29 is 9.18 Å². The summed E-state index contributed by atoms with van der Waals surface area (Å²) < 4.78 is 13.0. The fourth-order valence-electron chi connectivity index (χ4n) is 2.83. The second-order valence-electron chi connectivity index (χ2n) is 8.66. The molecule has 130 valence electrons. The molecule has 2 rings (SSSR count). The summed E-state index contributed by atoms with van der Waals surface area (Å²) in [6, 6.07) is 6.15. The molecule has 1 aliphatic carbocycles. The maximum Gasteiger partial charge on any atom is 0.186 e. The van der Waals surface area contributed by atoms with Crippen LogP contribution in [0.5, 0.6) is 0 Å². The van der Waals surface area contributed by atoms with Crippen LogP contribution >= 0.6 is 0 Å². The zero-order chi connectivity index (χ0) is 18.1. The van der Waals surface area contributed by atoms with Crippen molar-refractivity contribution in [1.29, 1.82) is 0 Å². The minimum atomic E-state index is -0.271. The molecule has 0 saturated heterocycles. The number of rotatable bonds is 2. The highest BCUT2D eigenvalue weighted by atomic mass is 19.1. The number of carbonyl (C=O) groups excluding carboxylic acids is 1. The lowest BCUT2D eigenvalue weighted by molar-refractivity contribution is -0.113. The topological polar surface area (TPSA) is 29.1 Å². The fourth-order valence-corrected chi connectivity index (χ4v) is 2.83. The zero-order valence-electron chi connectivity index (χ0n) is 15.5. The summed E-state index contributed by atoms with van der Waals surface area (Å²) in [7, 11) is 0. The second-order valence-corrected chi connectivity index (χ2v) is 8.66. The van der Waals surface area contributed by atoms with Crippen molar-refractivity contribution in [3.63, 3.8) is 0 Å². The number of ketones is 1. The van der Waals surface area contributed by atoms with Crippen molar-refractivity contribution in [3.05, 3.63) is 53.5 Å². The lowest BCUT2D eigenvalue weighted by Gasteiger charge is -2.36.